The first-order valence-corrected chi connectivity index (χ1v) is 6.54. The van der Waals surface area contributed by atoms with Gasteiger partial charge in [-0.05, 0) is 52.4 Å². The van der Waals surface area contributed by atoms with E-state index in [2.05, 4.69) is 31.8 Å². The minimum absolute atomic E-state index is 0.0216. The molecule has 0 aliphatic rings. The van der Waals surface area contributed by atoms with Crippen molar-refractivity contribution in [3.8, 4) is 0 Å². The van der Waals surface area contributed by atoms with E-state index in [0.29, 0.717) is 0 Å². The quantitative estimate of drug-likeness (QED) is 0.785. The van der Waals surface area contributed by atoms with Gasteiger partial charge in [0.2, 0.25) is 0 Å². The lowest BCUT2D eigenvalue weighted by molar-refractivity contribution is -0.144. The summed E-state index contributed by atoms with van der Waals surface area (Å²) in [7, 11) is 0. The summed E-state index contributed by atoms with van der Waals surface area (Å²) >= 11 is 0. The van der Waals surface area contributed by atoms with Crippen molar-refractivity contribution in [1.82, 2.24) is 0 Å². The predicted octanol–water partition coefficient (Wildman–Crippen LogP) is 3.67. The van der Waals surface area contributed by atoms with Crippen molar-refractivity contribution >= 4 is 0 Å². The number of aryl methyl sites for hydroxylation is 1. The van der Waals surface area contributed by atoms with Crippen LogP contribution in [0.2, 0.25) is 0 Å². The Morgan fingerprint density at radius 2 is 1.78 bits per heavy atom. The van der Waals surface area contributed by atoms with E-state index in [1.54, 1.807) is 0 Å². The topological polar surface area (TPSA) is 35.2 Å². The summed E-state index contributed by atoms with van der Waals surface area (Å²) in [6.45, 7) is 7.22. The Kier molecular flexibility index (Phi) is 5.76. The molecule has 0 heterocycles. The molecule has 3 heteroatoms. The van der Waals surface area contributed by atoms with E-state index in [-0.39, 0.29) is 12.0 Å². The van der Waals surface area contributed by atoms with Crippen LogP contribution in [0.4, 0.5) is 4.53 Å². The third kappa shape index (κ3) is 4.75. The summed E-state index contributed by atoms with van der Waals surface area (Å²) in [5.74, 6) is 0. The summed E-state index contributed by atoms with van der Waals surface area (Å²) in [4.78, 5) is 3.76. The van der Waals surface area contributed by atoms with Crippen LogP contribution in [0.25, 0.3) is 0 Å². The largest absolute Gasteiger partial charge is 0.330 e. The Morgan fingerprint density at radius 3 is 2.33 bits per heavy atom. The highest BCUT2D eigenvalue weighted by Crippen LogP contribution is 2.25. The fraction of sp³-hybridized carbons (Fsp3) is 0.600. The number of benzene rings is 1. The van der Waals surface area contributed by atoms with Gasteiger partial charge in [0.25, 0.3) is 0 Å². The molecule has 1 aromatic rings. The molecule has 18 heavy (non-hydrogen) atoms. The lowest BCUT2D eigenvalue weighted by atomic mass is 9.84. The van der Waals surface area contributed by atoms with Gasteiger partial charge in [0.05, 0.1) is 0 Å². The number of unbranched alkanes of at least 4 members (excludes halogenated alkanes) is 1. The van der Waals surface area contributed by atoms with Gasteiger partial charge in [0.15, 0.2) is 0 Å². The van der Waals surface area contributed by atoms with Crippen molar-refractivity contribution in [1.29, 1.82) is 0 Å². The molecule has 0 fully saturated rings. The fourth-order valence-electron chi connectivity index (χ4n) is 1.96. The molecule has 0 aliphatic carbocycles. The van der Waals surface area contributed by atoms with Gasteiger partial charge in [-0.3, -0.25) is 0 Å². The maximum Gasteiger partial charge on any atom is 0.113 e. The van der Waals surface area contributed by atoms with E-state index < -0.39 is 0 Å². The fourth-order valence-corrected chi connectivity index (χ4v) is 1.96. The predicted molar refractivity (Wildman–Crippen MR) is 73.0 cm³/mol. The highest BCUT2D eigenvalue weighted by Gasteiger charge is 2.15. The van der Waals surface area contributed by atoms with Crippen LogP contribution in [0.1, 0.15) is 50.3 Å². The van der Waals surface area contributed by atoms with E-state index in [1.807, 2.05) is 12.1 Å². The first-order valence-electron chi connectivity index (χ1n) is 6.54. The number of hydrogen-bond acceptors (Lipinski definition) is 2. The maximum absolute atomic E-state index is 12.0. The summed E-state index contributed by atoms with van der Waals surface area (Å²) in [5.41, 5.74) is 8.92. The molecule has 0 aromatic heterocycles. The standard InChI is InChI=1S/C15H24FNO/c1-15(2,3)14-9-12(6-4-5-7-17)8-13(10-14)11-18-16/h8-10H,4-7,11,17H2,1-3H3. The zero-order chi connectivity index (χ0) is 13.6. The Balaban J connectivity index is 2.91. The van der Waals surface area contributed by atoms with Gasteiger partial charge in [-0.2, -0.15) is 4.94 Å². The van der Waals surface area contributed by atoms with E-state index in [9.17, 15) is 4.53 Å². The summed E-state index contributed by atoms with van der Waals surface area (Å²) in [6.07, 6.45) is 3.08. The smallest absolute Gasteiger partial charge is 0.113 e. The maximum atomic E-state index is 12.0. The SMILES string of the molecule is CC(C)(C)c1cc(CCCCN)cc(COF)c1. The normalized spacial score (nSPS) is 11.8. The van der Waals surface area contributed by atoms with Gasteiger partial charge in [0, 0.05) is 0 Å². The van der Waals surface area contributed by atoms with Gasteiger partial charge in [-0.15, -0.1) is 0 Å². The van der Waals surface area contributed by atoms with Crippen molar-refractivity contribution in [2.45, 2.75) is 52.1 Å². The summed E-state index contributed by atoms with van der Waals surface area (Å²) < 4.78 is 12.0. The van der Waals surface area contributed by atoms with E-state index in [1.165, 1.54) is 11.1 Å². The van der Waals surface area contributed by atoms with Crippen molar-refractivity contribution in [3.05, 3.63) is 34.9 Å². The number of hydrogen-bond donors (Lipinski definition) is 1. The van der Waals surface area contributed by atoms with Gasteiger partial charge in [-0.1, -0.05) is 39.0 Å². The van der Waals surface area contributed by atoms with Crippen LogP contribution in [0.3, 0.4) is 0 Å². The van der Waals surface area contributed by atoms with E-state index in [0.717, 1.165) is 31.4 Å². The second kappa shape index (κ2) is 6.86. The molecular formula is C15H24FNO. The number of halogens is 1. The zero-order valence-electron chi connectivity index (χ0n) is 11.6. The first kappa shape index (κ1) is 15.1. The van der Waals surface area contributed by atoms with Gasteiger partial charge >= 0.3 is 0 Å². The number of rotatable bonds is 6. The van der Waals surface area contributed by atoms with Gasteiger partial charge in [0.1, 0.15) is 6.61 Å². The Labute approximate surface area is 109 Å². The molecule has 2 nitrogen and oxygen atoms in total. The molecule has 0 saturated heterocycles. The molecule has 0 bridgehead atoms. The van der Waals surface area contributed by atoms with Crippen LogP contribution in [0.15, 0.2) is 18.2 Å². The van der Waals surface area contributed by atoms with E-state index in [4.69, 9.17) is 5.73 Å². The lowest BCUT2D eigenvalue weighted by Crippen LogP contribution is -2.12. The monoisotopic (exact) mass is 253 g/mol. The molecular weight excluding hydrogens is 229 g/mol. The molecule has 2 N–H and O–H groups in total. The molecule has 0 radical (unpaired) electrons. The molecule has 1 aromatic carbocycles. The average Bonchev–Trinajstić information content (AvgIpc) is 2.28. The highest BCUT2D eigenvalue weighted by atomic mass is 19.3. The van der Waals surface area contributed by atoms with Crippen LogP contribution in [0.5, 0.6) is 0 Å². The van der Waals surface area contributed by atoms with Gasteiger partial charge < -0.3 is 5.73 Å². The Bertz CT molecular complexity index is 371. The zero-order valence-corrected chi connectivity index (χ0v) is 11.6. The van der Waals surface area contributed by atoms with Crippen molar-refractivity contribution in [2.75, 3.05) is 6.54 Å². The molecule has 0 amide bonds. The molecule has 0 unspecified atom stereocenters. The molecule has 1 rings (SSSR count). The first-order chi connectivity index (χ1) is 8.47. The third-order valence-electron chi connectivity index (χ3n) is 3.06. The molecule has 0 spiro atoms. The van der Waals surface area contributed by atoms with Crippen LogP contribution in [0, 0.1) is 0 Å². The van der Waals surface area contributed by atoms with Crippen molar-refractivity contribution in [2.24, 2.45) is 5.73 Å². The number of nitrogens with two attached hydrogens (primary N) is 1. The molecule has 0 atom stereocenters. The van der Waals surface area contributed by atoms with Gasteiger partial charge in [-0.25, -0.2) is 0 Å². The second-order valence-electron chi connectivity index (χ2n) is 5.79. The highest BCUT2D eigenvalue weighted by molar-refractivity contribution is 5.34. The van der Waals surface area contributed by atoms with E-state index >= 15 is 0 Å². The van der Waals surface area contributed by atoms with Crippen molar-refractivity contribution in [3.63, 3.8) is 0 Å². The Morgan fingerprint density at radius 1 is 1.11 bits per heavy atom. The Hall–Kier alpha value is -0.930. The van der Waals surface area contributed by atoms with Crippen molar-refractivity contribution < 1.29 is 9.47 Å². The van der Waals surface area contributed by atoms with Crippen LogP contribution in [-0.2, 0) is 23.4 Å². The molecule has 0 saturated carbocycles. The van der Waals surface area contributed by atoms with Crippen LogP contribution < -0.4 is 5.73 Å². The molecule has 102 valence electrons. The third-order valence-corrected chi connectivity index (χ3v) is 3.06. The minimum atomic E-state index is 0.0216. The second-order valence-corrected chi connectivity index (χ2v) is 5.79. The van der Waals surface area contributed by atoms with Crippen LogP contribution >= 0.6 is 0 Å². The molecule has 0 aliphatic heterocycles. The lowest BCUT2D eigenvalue weighted by Gasteiger charge is -2.21. The summed E-state index contributed by atoms with van der Waals surface area (Å²) in [5, 5.41) is 0. The average molecular weight is 253 g/mol. The van der Waals surface area contributed by atoms with Crippen LogP contribution in [-0.4, -0.2) is 6.54 Å². The summed E-state index contributed by atoms with van der Waals surface area (Å²) in [6, 6.07) is 6.25. The minimum Gasteiger partial charge on any atom is -0.330 e.